The minimum atomic E-state index is -0.101. The van der Waals surface area contributed by atoms with Gasteiger partial charge in [-0.05, 0) is 23.5 Å². The van der Waals surface area contributed by atoms with Gasteiger partial charge in [-0.3, -0.25) is 14.5 Å². The van der Waals surface area contributed by atoms with Crippen LogP contribution in [0.5, 0.6) is 0 Å². The number of amides is 1. The van der Waals surface area contributed by atoms with Gasteiger partial charge in [-0.2, -0.15) is 5.10 Å². The molecule has 4 rings (SSSR count). The number of benzene rings is 1. The van der Waals surface area contributed by atoms with Crippen molar-refractivity contribution in [1.29, 1.82) is 0 Å². The van der Waals surface area contributed by atoms with E-state index in [-0.39, 0.29) is 11.5 Å². The highest BCUT2D eigenvalue weighted by atomic mass is 16.2. The van der Waals surface area contributed by atoms with Crippen LogP contribution < -0.4 is 15.8 Å². The average molecular weight is 367 g/mol. The van der Waals surface area contributed by atoms with Crippen molar-refractivity contribution in [3.8, 4) is 0 Å². The fourth-order valence-corrected chi connectivity index (χ4v) is 3.90. The molecule has 0 saturated carbocycles. The first-order valence-electron chi connectivity index (χ1n) is 9.42. The number of hydrogen-bond acceptors (Lipinski definition) is 5. The van der Waals surface area contributed by atoms with Gasteiger partial charge in [0, 0.05) is 45.8 Å². The Kier molecular flexibility index (Phi) is 4.94. The molecule has 7 heteroatoms. The monoisotopic (exact) mass is 367 g/mol. The molecule has 142 valence electrons. The molecule has 0 unspecified atom stereocenters. The smallest absolute Gasteiger partial charge is 0.268 e. The summed E-state index contributed by atoms with van der Waals surface area (Å²) in [5, 5.41) is 7.17. The Hall–Kier alpha value is -2.67. The third-order valence-electron chi connectivity index (χ3n) is 5.47. The van der Waals surface area contributed by atoms with Gasteiger partial charge in [-0.1, -0.05) is 24.3 Å². The minimum absolute atomic E-state index is 0.0801. The molecule has 1 saturated heterocycles. The van der Waals surface area contributed by atoms with E-state index in [2.05, 4.69) is 32.3 Å². The molecule has 27 heavy (non-hydrogen) atoms. The van der Waals surface area contributed by atoms with E-state index < -0.39 is 0 Å². The molecule has 1 fully saturated rings. The number of fused-ring (bicyclic) bond motifs is 1. The molecule has 7 nitrogen and oxygen atoms in total. The maximum absolute atomic E-state index is 12.3. The lowest BCUT2D eigenvalue weighted by molar-refractivity contribution is -0.122. The zero-order valence-corrected chi connectivity index (χ0v) is 15.6. The second-order valence-electron chi connectivity index (χ2n) is 7.49. The number of aryl methyl sites for hydroxylation is 1. The maximum Gasteiger partial charge on any atom is 0.268 e. The normalized spacial score (nSPS) is 19.3. The predicted octanol–water partition coefficient (Wildman–Crippen LogP) is 0.739. The van der Waals surface area contributed by atoms with Gasteiger partial charge in [0.05, 0.1) is 18.4 Å². The minimum Gasteiger partial charge on any atom is -0.370 e. The lowest BCUT2D eigenvalue weighted by atomic mass is 10.1. The second-order valence-corrected chi connectivity index (χ2v) is 7.49. The van der Waals surface area contributed by atoms with Crippen molar-refractivity contribution in [2.24, 2.45) is 13.0 Å². The molecular formula is C20H25N5O2. The van der Waals surface area contributed by atoms with E-state index in [4.69, 9.17) is 0 Å². The zero-order chi connectivity index (χ0) is 18.8. The van der Waals surface area contributed by atoms with Crippen molar-refractivity contribution in [2.75, 3.05) is 31.1 Å². The van der Waals surface area contributed by atoms with E-state index in [0.29, 0.717) is 19.0 Å². The Bertz CT molecular complexity index is 869. The molecule has 1 amide bonds. The summed E-state index contributed by atoms with van der Waals surface area (Å²) in [4.78, 5) is 28.4. The van der Waals surface area contributed by atoms with Crippen molar-refractivity contribution < 1.29 is 4.79 Å². The Morgan fingerprint density at radius 3 is 2.70 bits per heavy atom. The molecule has 3 heterocycles. The quantitative estimate of drug-likeness (QED) is 0.844. The van der Waals surface area contributed by atoms with E-state index in [9.17, 15) is 9.59 Å². The van der Waals surface area contributed by atoms with E-state index in [0.717, 1.165) is 38.3 Å². The number of carbonyl (C=O) groups excluding carboxylic acids is 1. The molecule has 2 aromatic rings. The van der Waals surface area contributed by atoms with E-state index >= 15 is 0 Å². The van der Waals surface area contributed by atoms with Crippen LogP contribution in [-0.4, -0.2) is 46.8 Å². The van der Waals surface area contributed by atoms with Gasteiger partial charge in [0.1, 0.15) is 0 Å². The molecule has 0 radical (unpaired) electrons. The van der Waals surface area contributed by atoms with Crippen LogP contribution in [0.3, 0.4) is 0 Å². The topological polar surface area (TPSA) is 70.5 Å². The highest BCUT2D eigenvalue weighted by Crippen LogP contribution is 2.23. The largest absolute Gasteiger partial charge is 0.370 e. The van der Waals surface area contributed by atoms with Crippen LogP contribution in [-0.2, 0) is 24.9 Å². The van der Waals surface area contributed by atoms with Gasteiger partial charge in [0.25, 0.3) is 5.56 Å². The Morgan fingerprint density at radius 2 is 2.00 bits per heavy atom. The van der Waals surface area contributed by atoms with Gasteiger partial charge in [-0.25, -0.2) is 4.68 Å². The SMILES string of the molecule is Cn1ncc(N2CC[C@@H](CNC(=O)CN3Cc4ccccc4C3)C2)cc1=O. The number of anilines is 1. The molecule has 1 aromatic heterocycles. The molecule has 2 aliphatic rings. The maximum atomic E-state index is 12.3. The van der Waals surface area contributed by atoms with Crippen LogP contribution in [0.2, 0.25) is 0 Å². The second kappa shape index (κ2) is 7.52. The van der Waals surface area contributed by atoms with Crippen LogP contribution >= 0.6 is 0 Å². The van der Waals surface area contributed by atoms with Crippen molar-refractivity contribution >= 4 is 11.6 Å². The van der Waals surface area contributed by atoms with Crippen LogP contribution in [0.1, 0.15) is 17.5 Å². The third kappa shape index (κ3) is 4.03. The average Bonchev–Trinajstić information content (AvgIpc) is 3.28. The highest BCUT2D eigenvalue weighted by Gasteiger charge is 2.25. The summed E-state index contributed by atoms with van der Waals surface area (Å²) >= 11 is 0. The molecule has 0 aliphatic carbocycles. The first-order valence-corrected chi connectivity index (χ1v) is 9.42. The van der Waals surface area contributed by atoms with E-state index in [1.54, 1.807) is 19.3 Å². The highest BCUT2D eigenvalue weighted by molar-refractivity contribution is 5.78. The van der Waals surface area contributed by atoms with Gasteiger partial charge < -0.3 is 10.2 Å². The zero-order valence-electron chi connectivity index (χ0n) is 15.6. The van der Waals surface area contributed by atoms with Gasteiger partial charge >= 0.3 is 0 Å². The van der Waals surface area contributed by atoms with Gasteiger partial charge in [0.2, 0.25) is 5.91 Å². The summed E-state index contributed by atoms with van der Waals surface area (Å²) in [7, 11) is 1.65. The molecule has 2 aliphatic heterocycles. The third-order valence-corrected chi connectivity index (χ3v) is 5.47. The van der Waals surface area contributed by atoms with Crippen molar-refractivity contribution in [3.05, 3.63) is 58.0 Å². The Labute approximate surface area is 158 Å². The first-order chi connectivity index (χ1) is 13.1. The van der Waals surface area contributed by atoms with Gasteiger partial charge in [-0.15, -0.1) is 0 Å². The number of hydrogen-bond donors (Lipinski definition) is 1. The molecule has 0 bridgehead atoms. The van der Waals surface area contributed by atoms with Crippen LogP contribution in [0.15, 0.2) is 41.3 Å². The van der Waals surface area contributed by atoms with Crippen molar-refractivity contribution in [3.63, 3.8) is 0 Å². The number of carbonyl (C=O) groups is 1. The van der Waals surface area contributed by atoms with E-state index in [1.165, 1.54) is 15.8 Å². The first kappa shape index (κ1) is 17.7. The van der Waals surface area contributed by atoms with Crippen molar-refractivity contribution in [1.82, 2.24) is 20.0 Å². The van der Waals surface area contributed by atoms with Crippen LogP contribution in [0, 0.1) is 5.92 Å². The summed E-state index contributed by atoms with van der Waals surface area (Å²) in [6, 6.07) is 9.98. The van der Waals surface area contributed by atoms with E-state index in [1.807, 2.05) is 12.1 Å². The predicted molar refractivity (Wildman–Crippen MR) is 103 cm³/mol. The number of nitrogens with zero attached hydrogens (tertiary/aromatic N) is 4. The fraction of sp³-hybridized carbons (Fsp3) is 0.450. The van der Waals surface area contributed by atoms with Gasteiger partial charge in [0.15, 0.2) is 0 Å². The number of rotatable bonds is 5. The van der Waals surface area contributed by atoms with Crippen LogP contribution in [0.4, 0.5) is 5.69 Å². The molecule has 1 aromatic carbocycles. The summed E-state index contributed by atoms with van der Waals surface area (Å²) in [6.45, 7) is 4.52. The van der Waals surface area contributed by atoms with Crippen LogP contribution in [0.25, 0.3) is 0 Å². The summed E-state index contributed by atoms with van der Waals surface area (Å²) in [5.74, 6) is 0.477. The molecule has 1 atom stereocenters. The lowest BCUT2D eigenvalue weighted by Gasteiger charge is -2.19. The van der Waals surface area contributed by atoms with Crippen molar-refractivity contribution in [2.45, 2.75) is 19.5 Å². The summed E-state index contributed by atoms with van der Waals surface area (Å²) in [5.41, 5.74) is 3.40. The standard InChI is InChI=1S/C20H25N5O2/c1-23-20(27)8-18(10-22-23)25-7-6-15(11-25)9-21-19(26)14-24-12-16-4-2-3-5-17(16)13-24/h2-5,8,10,15H,6-7,9,11-14H2,1H3,(H,21,26)/t15-/m0/s1. The molecule has 0 spiro atoms. The molecular weight excluding hydrogens is 342 g/mol. The Balaban J connectivity index is 1.23. The number of aromatic nitrogens is 2. The fourth-order valence-electron chi connectivity index (χ4n) is 3.90. The lowest BCUT2D eigenvalue weighted by Crippen LogP contribution is -2.37. The molecule has 1 N–H and O–H groups in total. The summed E-state index contributed by atoms with van der Waals surface area (Å²) < 4.78 is 1.33. The number of nitrogens with one attached hydrogen (secondary N) is 1. The Morgan fingerprint density at radius 1 is 1.26 bits per heavy atom. The summed E-state index contributed by atoms with van der Waals surface area (Å²) in [6.07, 6.45) is 2.73.